The molecule has 2 aromatic rings. The largest absolute Gasteiger partial charge is 0.490 e. The minimum Gasteiger partial charge on any atom is -0.490 e. The lowest BCUT2D eigenvalue weighted by molar-refractivity contribution is 0.217. The van der Waals surface area contributed by atoms with Crippen molar-refractivity contribution in [2.24, 2.45) is 5.73 Å². The molecule has 0 bridgehead atoms. The zero-order valence-electron chi connectivity index (χ0n) is 10.8. The van der Waals surface area contributed by atoms with Crippen molar-refractivity contribution in [3.05, 3.63) is 57.0 Å². The normalized spacial score (nSPS) is 10.3. The molecule has 20 heavy (non-hydrogen) atoms. The Hall–Kier alpha value is -1.04. The maximum absolute atomic E-state index is 5.65. The van der Waals surface area contributed by atoms with Crippen molar-refractivity contribution in [3.8, 4) is 11.5 Å². The third-order valence-electron chi connectivity index (χ3n) is 2.67. The first-order chi connectivity index (χ1) is 9.69. The van der Waals surface area contributed by atoms with Gasteiger partial charge >= 0.3 is 0 Å². The number of hydrogen-bond donors (Lipinski definition) is 1. The summed E-state index contributed by atoms with van der Waals surface area (Å²) in [6.45, 7) is 1.46. The Morgan fingerprint density at radius 3 is 2.10 bits per heavy atom. The molecule has 106 valence electrons. The molecule has 0 aliphatic rings. The number of hydrogen-bond acceptors (Lipinski definition) is 3. The Balaban J connectivity index is 1.79. The molecular formula is C15H15Br2NO2. The summed E-state index contributed by atoms with van der Waals surface area (Å²) in [7, 11) is 0. The van der Waals surface area contributed by atoms with Crippen LogP contribution in [0.2, 0.25) is 0 Å². The maximum Gasteiger partial charge on any atom is 0.122 e. The van der Waals surface area contributed by atoms with Gasteiger partial charge < -0.3 is 15.2 Å². The van der Waals surface area contributed by atoms with Crippen LogP contribution in [0.4, 0.5) is 0 Å². The van der Waals surface area contributed by atoms with Crippen LogP contribution in [0.25, 0.3) is 0 Å². The standard InChI is InChI=1S/C15H15Br2NO2/c16-12-1-3-13(4-2-12)19-7-8-20-14-5-6-15(17)11(9-14)10-18/h1-6,9H,7-8,10,18H2. The van der Waals surface area contributed by atoms with Gasteiger partial charge in [-0.2, -0.15) is 0 Å². The van der Waals surface area contributed by atoms with Crippen LogP contribution in [-0.2, 0) is 6.54 Å². The molecule has 0 aromatic heterocycles. The topological polar surface area (TPSA) is 44.5 Å². The molecule has 2 aromatic carbocycles. The van der Waals surface area contributed by atoms with Crippen LogP contribution in [0.3, 0.4) is 0 Å². The van der Waals surface area contributed by atoms with Gasteiger partial charge in [0.05, 0.1) is 0 Å². The Morgan fingerprint density at radius 2 is 1.45 bits per heavy atom. The number of ether oxygens (including phenoxy) is 2. The predicted molar refractivity (Wildman–Crippen MR) is 87.2 cm³/mol. The molecule has 5 heteroatoms. The highest BCUT2D eigenvalue weighted by molar-refractivity contribution is 9.10. The van der Waals surface area contributed by atoms with E-state index in [1.807, 2.05) is 42.5 Å². The van der Waals surface area contributed by atoms with E-state index in [-0.39, 0.29) is 0 Å². The van der Waals surface area contributed by atoms with Gasteiger partial charge in [0.2, 0.25) is 0 Å². The molecule has 0 spiro atoms. The summed E-state index contributed by atoms with van der Waals surface area (Å²) in [5.74, 6) is 1.63. The van der Waals surface area contributed by atoms with Gasteiger partial charge in [0, 0.05) is 15.5 Å². The van der Waals surface area contributed by atoms with Gasteiger partial charge in [0.15, 0.2) is 0 Å². The number of benzene rings is 2. The van der Waals surface area contributed by atoms with Gasteiger partial charge in [0.1, 0.15) is 24.7 Å². The van der Waals surface area contributed by atoms with Crippen molar-refractivity contribution in [2.45, 2.75) is 6.54 Å². The zero-order valence-corrected chi connectivity index (χ0v) is 14.0. The molecule has 0 saturated carbocycles. The molecule has 0 heterocycles. The molecule has 0 saturated heterocycles. The van der Waals surface area contributed by atoms with Gasteiger partial charge in [-0.05, 0) is 48.0 Å². The Bertz CT molecular complexity index is 558. The van der Waals surface area contributed by atoms with Crippen molar-refractivity contribution >= 4 is 31.9 Å². The second-order valence-electron chi connectivity index (χ2n) is 4.11. The minimum atomic E-state index is 0.479. The van der Waals surface area contributed by atoms with Gasteiger partial charge in [-0.25, -0.2) is 0 Å². The summed E-state index contributed by atoms with van der Waals surface area (Å²) in [5.41, 5.74) is 6.67. The smallest absolute Gasteiger partial charge is 0.122 e. The lowest BCUT2D eigenvalue weighted by Gasteiger charge is -2.10. The number of nitrogens with two attached hydrogens (primary N) is 1. The predicted octanol–water partition coefficient (Wildman–Crippen LogP) is 4.13. The maximum atomic E-state index is 5.65. The molecule has 0 aliphatic carbocycles. The van der Waals surface area contributed by atoms with Gasteiger partial charge in [0.25, 0.3) is 0 Å². The molecule has 0 radical (unpaired) electrons. The summed E-state index contributed by atoms with van der Waals surface area (Å²) in [4.78, 5) is 0. The Labute approximate surface area is 135 Å². The average Bonchev–Trinajstić information content (AvgIpc) is 2.47. The van der Waals surface area contributed by atoms with Crippen molar-refractivity contribution in [1.29, 1.82) is 0 Å². The summed E-state index contributed by atoms with van der Waals surface area (Å²) in [5, 5.41) is 0. The van der Waals surface area contributed by atoms with E-state index in [1.165, 1.54) is 0 Å². The monoisotopic (exact) mass is 399 g/mol. The van der Waals surface area contributed by atoms with Crippen LogP contribution >= 0.6 is 31.9 Å². The highest BCUT2D eigenvalue weighted by Crippen LogP contribution is 2.22. The van der Waals surface area contributed by atoms with Crippen LogP contribution in [0.15, 0.2) is 51.4 Å². The number of rotatable bonds is 6. The summed E-state index contributed by atoms with van der Waals surface area (Å²) >= 11 is 6.83. The zero-order chi connectivity index (χ0) is 14.4. The molecule has 2 N–H and O–H groups in total. The lowest BCUT2D eigenvalue weighted by Crippen LogP contribution is -2.09. The SMILES string of the molecule is NCc1cc(OCCOc2ccc(Br)cc2)ccc1Br. The molecule has 0 fully saturated rings. The van der Waals surface area contributed by atoms with E-state index >= 15 is 0 Å². The van der Waals surface area contributed by atoms with Crippen LogP contribution in [0, 0.1) is 0 Å². The van der Waals surface area contributed by atoms with Gasteiger partial charge in [-0.1, -0.05) is 31.9 Å². The van der Waals surface area contributed by atoms with E-state index in [0.717, 1.165) is 26.0 Å². The van der Waals surface area contributed by atoms with Crippen molar-refractivity contribution in [1.82, 2.24) is 0 Å². The fraction of sp³-hybridized carbons (Fsp3) is 0.200. The van der Waals surface area contributed by atoms with Gasteiger partial charge in [-0.15, -0.1) is 0 Å². The first-order valence-corrected chi connectivity index (χ1v) is 7.77. The molecule has 3 nitrogen and oxygen atoms in total. The van der Waals surface area contributed by atoms with Crippen molar-refractivity contribution in [3.63, 3.8) is 0 Å². The average molecular weight is 401 g/mol. The van der Waals surface area contributed by atoms with Crippen LogP contribution in [0.5, 0.6) is 11.5 Å². The van der Waals surface area contributed by atoms with Crippen LogP contribution in [-0.4, -0.2) is 13.2 Å². The third kappa shape index (κ3) is 4.51. The second-order valence-corrected chi connectivity index (χ2v) is 5.88. The first-order valence-electron chi connectivity index (χ1n) is 6.18. The molecule has 0 atom stereocenters. The Kier molecular flexibility index (Phi) is 5.88. The van der Waals surface area contributed by atoms with Crippen LogP contribution in [0.1, 0.15) is 5.56 Å². The molecular weight excluding hydrogens is 386 g/mol. The third-order valence-corrected chi connectivity index (χ3v) is 3.97. The first kappa shape index (κ1) is 15.4. The fourth-order valence-corrected chi connectivity index (χ4v) is 2.32. The molecule has 0 aliphatic heterocycles. The van der Waals surface area contributed by atoms with Crippen molar-refractivity contribution < 1.29 is 9.47 Å². The van der Waals surface area contributed by atoms with E-state index in [1.54, 1.807) is 0 Å². The quantitative estimate of drug-likeness (QED) is 0.741. The van der Waals surface area contributed by atoms with Gasteiger partial charge in [-0.3, -0.25) is 0 Å². The fourth-order valence-electron chi connectivity index (χ4n) is 1.65. The van der Waals surface area contributed by atoms with Crippen LogP contribution < -0.4 is 15.2 Å². The molecule has 0 amide bonds. The van der Waals surface area contributed by atoms with E-state index < -0.39 is 0 Å². The Morgan fingerprint density at radius 1 is 0.850 bits per heavy atom. The molecule has 2 rings (SSSR count). The summed E-state index contributed by atoms with van der Waals surface area (Å²) in [6, 6.07) is 13.5. The summed E-state index contributed by atoms with van der Waals surface area (Å²) in [6.07, 6.45) is 0. The van der Waals surface area contributed by atoms with Crippen molar-refractivity contribution in [2.75, 3.05) is 13.2 Å². The van der Waals surface area contributed by atoms with E-state index in [0.29, 0.717) is 19.8 Å². The van der Waals surface area contributed by atoms with E-state index in [2.05, 4.69) is 31.9 Å². The lowest BCUT2D eigenvalue weighted by atomic mass is 10.2. The van der Waals surface area contributed by atoms with E-state index in [4.69, 9.17) is 15.2 Å². The highest BCUT2D eigenvalue weighted by atomic mass is 79.9. The van der Waals surface area contributed by atoms with E-state index in [9.17, 15) is 0 Å². The number of halogens is 2. The second kappa shape index (κ2) is 7.67. The summed E-state index contributed by atoms with van der Waals surface area (Å²) < 4.78 is 13.3. The minimum absolute atomic E-state index is 0.479. The molecule has 0 unspecified atom stereocenters. The highest BCUT2D eigenvalue weighted by Gasteiger charge is 2.01.